The molecule has 1 saturated carbocycles. The number of phenols is 1. The summed E-state index contributed by atoms with van der Waals surface area (Å²) in [6.07, 6.45) is 3.80. The van der Waals surface area contributed by atoms with Gasteiger partial charge in [0, 0.05) is 31.3 Å². The quantitative estimate of drug-likeness (QED) is 0.676. The number of piperidine rings is 1. The fourth-order valence-corrected chi connectivity index (χ4v) is 7.10. The molecule has 7 heteroatoms. The second-order valence-electron chi connectivity index (χ2n) is 10.9. The number of hydrogen-bond donors (Lipinski definition) is 2. The summed E-state index contributed by atoms with van der Waals surface area (Å²) in [5, 5.41) is 14.3. The average Bonchev–Trinajstić information content (AvgIpc) is 3.08. The van der Waals surface area contributed by atoms with Crippen LogP contribution in [0.2, 0.25) is 0 Å². The maximum absolute atomic E-state index is 12.2. The molecular formula is C25H36N2O5. The smallest absolute Gasteiger partial charge is 0.307 e. The van der Waals surface area contributed by atoms with Gasteiger partial charge in [-0.3, -0.25) is 4.79 Å². The first kappa shape index (κ1) is 22.0. The van der Waals surface area contributed by atoms with Crippen LogP contribution in [0.4, 0.5) is 0 Å². The van der Waals surface area contributed by atoms with Crippen molar-refractivity contribution < 1.29 is 24.1 Å². The Bertz CT molecular complexity index is 928. The number of nitrogens with one attached hydrogen (secondary N) is 1. The first-order chi connectivity index (χ1) is 15.1. The van der Waals surface area contributed by atoms with Crippen LogP contribution in [0.1, 0.15) is 57.6 Å². The van der Waals surface area contributed by atoms with Crippen LogP contribution >= 0.6 is 0 Å². The first-order valence-corrected chi connectivity index (χ1v) is 11.9. The van der Waals surface area contributed by atoms with Gasteiger partial charge in [-0.25, -0.2) is 0 Å². The molecule has 2 N–H and O–H groups in total. The summed E-state index contributed by atoms with van der Waals surface area (Å²) in [5.41, 5.74) is 1.29. The lowest BCUT2D eigenvalue weighted by Crippen LogP contribution is -2.78. The number of likely N-dealkylation sites (tertiary alicyclic amines) is 1. The van der Waals surface area contributed by atoms with Crippen molar-refractivity contribution >= 4 is 5.97 Å². The van der Waals surface area contributed by atoms with Gasteiger partial charge in [-0.1, -0.05) is 6.07 Å². The van der Waals surface area contributed by atoms with Crippen LogP contribution < -0.4 is 10.1 Å². The van der Waals surface area contributed by atoms with Crippen LogP contribution in [-0.4, -0.2) is 72.6 Å². The van der Waals surface area contributed by atoms with E-state index in [1.165, 1.54) is 5.56 Å². The number of nitrogens with zero attached hydrogens (tertiary/aromatic N) is 1. The van der Waals surface area contributed by atoms with Crippen molar-refractivity contribution in [3.05, 3.63) is 23.3 Å². The van der Waals surface area contributed by atoms with Gasteiger partial charge in [0.1, 0.15) is 11.7 Å². The molecule has 0 radical (unpaired) electrons. The molecule has 5 atom stereocenters. The van der Waals surface area contributed by atoms with Gasteiger partial charge in [-0.15, -0.1) is 0 Å². The maximum Gasteiger partial charge on any atom is 0.307 e. The Balaban J connectivity index is 1.46. The van der Waals surface area contributed by atoms with Gasteiger partial charge in [0.2, 0.25) is 0 Å². The van der Waals surface area contributed by atoms with E-state index in [4.69, 9.17) is 14.2 Å². The van der Waals surface area contributed by atoms with Gasteiger partial charge in [-0.2, -0.15) is 0 Å². The van der Waals surface area contributed by atoms with Crippen LogP contribution in [0.5, 0.6) is 11.5 Å². The summed E-state index contributed by atoms with van der Waals surface area (Å²) < 4.78 is 18.5. The molecule has 2 bridgehead atoms. The highest BCUT2D eigenvalue weighted by Crippen LogP contribution is 2.66. The molecule has 0 amide bonds. The molecule has 1 aromatic carbocycles. The normalized spacial score (nSPS) is 35.2. The van der Waals surface area contributed by atoms with E-state index >= 15 is 0 Å². The standard InChI is InChI=1S/C25H36N2O5/c1-23(2,3)32-19(29)9-12-26-16-8-10-25(30-5)18-14-15-6-7-17(28)21-20(15)24(25,22(16)31-21)11-13-27(18)4/h6-7,16,18,22,26,28H,8-14H2,1-5H3/t16?,18-,22?,24+,25-/m1/s1. The topological polar surface area (TPSA) is 80.3 Å². The van der Waals surface area contributed by atoms with E-state index in [2.05, 4.69) is 23.3 Å². The molecule has 2 fully saturated rings. The summed E-state index contributed by atoms with van der Waals surface area (Å²) in [6, 6.07) is 4.18. The SMILES string of the molecule is CO[C@@]12CCC(NCCC(=O)OC(C)(C)C)C3Oc4c(O)ccc5c4[C@@]31CCN(C)[C@@H]2C5. The fraction of sp³-hybridized carbons (Fsp3) is 0.720. The zero-order valence-electron chi connectivity index (χ0n) is 19.9. The number of ether oxygens (including phenoxy) is 3. The second kappa shape index (κ2) is 7.34. The highest BCUT2D eigenvalue weighted by atomic mass is 16.6. The first-order valence-electron chi connectivity index (χ1n) is 11.9. The third-order valence-corrected chi connectivity index (χ3v) is 8.21. The van der Waals surface area contributed by atoms with Crippen molar-refractivity contribution in [1.29, 1.82) is 0 Å². The van der Waals surface area contributed by atoms with Crippen LogP contribution in [0.15, 0.2) is 12.1 Å². The van der Waals surface area contributed by atoms with Gasteiger partial charge >= 0.3 is 5.97 Å². The van der Waals surface area contributed by atoms with Crippen molar-refractivity contribution in [3.63, 3.8) is 0 Å². The minimum absolute atomic E-state index is 0.0718. The van der Waals surface area contributed by atoms with E-state index in [-0.39, 0.29) is 40.9 Å². The number of methoxy groups -OCH3 is 1. The molecule has 1 saturated heterocycles. The lowest BCUT2D eigenvalue weighted by molar-refractivity contribution is -0.203. The molecule has 2 unspecified atom stereocenters. The number of carbonyl (C=O) groups excluding carboxylic acids is 1. The Morgan fingerprint density at radius 3 is 2.84 bits per heavy atom. The van der Waals surface area contributed by atoms with Crippen LogP contribution in [-0.2, 0) is 26.1 Å². The van der Waals surface area contributed by atoms with Crippen molar-refractivity contribution in [1.82, 2.24) is 10.2 Å². The summed E-state index contributed by atoms with van der Waals surface area (Å²) in [4.78, 5) is 14.7. The van der Waals surface area contributed by atoms with Gasteiger partial charge in [-0.05, 0) is 71.7 Å². The summed E-state index contributed by atoms with van der Waals surface area (Å²) in [6.45, 7) is 7.16. The van der Waals surface area contributed by atoms with E-state index in [0.717, 1.165) is 37.8 Å². The second-order valence-corrected chi connectivity index (χ2v) is 10.9. The predicted octanol–water partition coefficient (Wildman–Crippen LogP) is 2.52. The molecule has 2 aliphatic carbocycles. The molecule has 1 spiro atoms. The van der Waals surface area contributed by atoms with Crippen molar-refractivity contribution in [3.8, 4) is 11.5 Å². The van der Waals surface area contributed by atoms with E-state index in [0.29, 0.717) is 18.7 Å². The maximum atomic E-state index is 12.2. The lowest BCUT2D eigenvalue weighted by atomic mass is 9.48. The van der Waals surface area contributed by atoms with Gasteiger partial charge in [0.15, 0.2) is 11.5 Å². The summed E-state index contributed by atoms with van der Waals surface area (Å²) >= 11 is 0. The molecular weight excluding hydrogens is 408 g/mol. The number of benzene rings is 1. The third kappa shape index (κ3) is 2.94. The van der Waals surface area contributed by atoms with Crippen LogP contribution in [0.3, 0.4) is 0 Å². The zero-order valence-corrected chi connectivity index (χ0v) is 19.9. The minimum atomic E-state index is -0.478. The Labute approximate surface area is 190 Å². The van der Waals surface area contributed by atoms with E-state index in [9.17, 15) is 9.90 Å². The summed E-state index contributed by atoms with van der Waals surface area (Å²) in [5.74, 6) is 0.651. The van der Waals surface area contributed by atoms with Gasteiger partial charge in [0.25, 0.3) is 0 Å². The number of rotatable bonds is 5. The monoisotopic (exact) mass is 444 g/mol. The van der Waals surface area contributed by atoms with Crippen molar-refractivity contribution in [2.45, 2.75) is 87.7 Å². The van der Waals surface area contributed by atoms with Gasteiger partial charge < -0.3 is 29.5 Å². The van der Waals surface area contributed by atoms with Gasteiger partial charge in [0.05, 0.1) is 17.4 Å². The number of likely N-dealkylation sites (N-methyl/N-ethyl adjacent to an activating group) is 1. The molecule has 5 rings (SSSR count). The number of esters is 1. The lowest BCUT2D eigenvalue weighted by Gasteiger charge is -2.65. The molecule has 0 aromatic heterocycles. The zero-order chi connectivity index (χ0) is 22.9. The molecule has 1 aromatic rings. The van der Waals surface area contributed by atoms with Crippen molar-refractivity contribution in [2.24, 2.45) is 0 Å². The Kier molecular flexibility index (Phi) is 5.04. The molecule has 4 aliphatic rings. The molecule has 32 heavy (non-hydrogen) atoms. The van der Waals surface area contributed by atoms with Crippen LogP contribution in [0.25, 0.3) is 0 Å². The molecule has 2 heterocycles. The largest absolute Gasteiger partial charge is 0.504 e. The van der Waals surface area contributed by atoms with E-state index in [1.807, 2.05) is 27.9 Å². The molecule has 176 valence electrons. The Morgan fingerprint density at radius 1 is 1.34 bits per heavy atom. The average molecular weight is 445 g/mol. The highest BCUT2D eigenvalue weighted by molar-refractivity contribution is 5.70. The predicted molar refractivity (Wildman–Crippen MR) is 120 cm³/mol. The Hall–Kier alpha value is -1.83. The van der Waals surface area contributed by atoms with E-state index in [1.54, 1.807) is 6.07 Å². The summed E-state index contributed by atoms with van der Waals surface area (Å²) in [7, 11) is 4.04. The molecule has 7 nitrogen and oxygen atoms in total. The third-order valence-electron chi connectivity index (χ3n) is 8.21. The molecule has 2 aliphatic heterocycles. The number of hydrogen-bond acceptors (Lipinski definition) is 7. The number of carbonyl (C=O) groups is 1. The Morgan fingerprint density at radius 2 is 2.12 bits per heavy atom. The minimum Gasteiger partial charge on any atom is -0.504 e. The fourth-order valence-electron chi connectivity index (χ4n) is 7.10. The highest BCUT2D eigenvalue weighted by Gasteiger charge is 2.73. The van der Waals surface area contributed by atoms with E-state index < -0.39 is 5.60 Å². The number of phenolic OH excluding ortho intramolecular Hbond substituents is 1. The van der Waals surface area contributed by atoms with Crippen LogP contribution in [0, 0.1) is 0 Å². The number of aromatic hydroxyl groups is 1. The van der Waals surface area contributed by atoms with Crippen molar-refractivity contribution in [2.75, 3.05) is 27.2 Å².